The van der Waals surface area contributed by atoms with E-state index in [-0.39, 0.29) is 29.3 Å². The number of hydrogen-bond acceptors (Lipinski definition) is 4. The Morgan fingerprint density at radius 1 is 1.30 bits per heavy atom. The van der Waals surface area contributed by atoms with Crippen molar-refractivity contribution in [3.8, 4) is 0 Å². The van der Waals surface area contributed by atoms with E-state index in [0.29, 0.717) is 6.42 Å². The van der Waals surface area contributed by atoms with E-state index in [2.05, 4.69) is 0 Å². The second kappa shape index (κ2) is 3.75. The van der Waals surface area contributed by atoms with Crippen LogP contribution in [0.4, 0.5) is 0 Å². The molecule has 0 radical (unpaired) electrons. The highest BCUT2D eigenvalue weighted by Crippen LogP contribution is 2.67. The molecule has 5 aliphatic rings. The zero-order chi connectivity index (χ0) is 16.1. The number of esters is 1. The van der Waals surface area contributed by atoms with Crippen LogP contribution in [-0.2, 0) is 21.6 Å². The highest BCUT2D eigenvalue weighted by atomic mass is 16.6. The van der Waals surface area contributed by atoms with Gasteiger partial charge in [-0.15, -0.1) is 0 Å². The Kier molecular flexibility index (Phi) is 2.20. The summed E-state index contributed by atoms with van der Waals surface area (Å²) in [5.41, 5.74) is 1.11. The Morgan fingerprint density at radius 3 is 2.83 bits per heavy atom. The smallest absolute Gasteiger partial charge is 0.319 e. The monoisotopic (exact) mass is 310 g/mol. The first kappa shape index (κ1) is 13.5. The second-order valence-corrected chi connectivity index (χ2v) is 7.54. The van der Waals surface area contributed by atoms with Crippen molar-refractivity contribution in [3.05, 3.63) is 50.7 Å². The van der Waals surface area contributed by atoms with Gasteiger partial charge in [0, 0.05) is 5.92 Å². The lowest BCUT2D eigenvalue weighted by Crippen LogP contribution is -2.69. The van der Waals surface area contributed by atoms with Crippen molar-refractivity contribution in [2.45, 2.75) is 38.4 Å². The van der Waals surface area contributed by atoms with Crippen molar-refractivity contribution in [1.82, 2.24) is 0 Å². The standard InChI is InChI=1S/C19H18O4/c1-9-5-12(20)7-11-3-4-18-10(2)6-15(23-17(18)21)14-8-13(9)16(11)19(14,18)22/h3-5,7,10,14-15,22H,6,8H2,1-2H3/t10?,14-,15-,18+,19-/m1/s1. The molecule has 2 saturated heterocycles. The van der Waals surface area contributed by atoms with Crippen LogP contribution in [0.3, 0.4) is 0 Å². The van der Waals surface area contributed by atoms with Gasteiger partial charge in [-0.2, -0.15) is 0 Å². The molecule has 3 aliphatic carbocycles. The van der Waals surface area contributed by atoms with E-state index in [0.717, 1.165) is 28.7 Å². The first-order valence-electron chi connectivity index (χ1n) is 8.20. The lowest BCUT2D eigenvalue weighted by Gasteiger charge is -2.60. The molecule has 1 unspecified atom stereocenters. The quantitative estimate of drug-likeness (QED) is 0.741. The maximum Gasteiger partial charge on any atom is 0.319 e. The molecular weight excluding hydrogens is 292 g/mol. The van der Waals surface area contributed by atoms with Crippen LogP contribution < -0.4 is 5.43 Å². The van der Waals surface area contributed by atoms with E-state index < -0.39 is 11.0 Å². The Labute approximate surface area is 133 Å². The topological polar surface area (TPSA) is 63.6 Å². The molecular formula is C19H18O4. The van der Waals surface area contributed by atoms with Gasteiger partial charge >= 0.3 is 5.97 Å². The number of aliphatic hydroxyl groups is 1. The summed E-state index contributed by atoms with van der Waals surface area (Å²) in [7, 11) is 0. The van der Waals surface area contributed by atoms with Gasteiger partial charge in [0.25, 0.3) is 0 Å². The summed E-state index contributed by atoms with van der Waals surface area (Å²) in [6, 6.07) is 3.21. The van der Waals surface area contributed by atoms with Crippen molar-refractivity contribution >= 4 is 12.0 Å². The molecule has 0 amide bonds. The Hall–Kier alpha value is -1.94. The van der Waals surface area contributed by atoms with Crippen molar-refractivity contribution in [3.63, 3.8) is 0 Å². The van der Waals surface area contributed by atoms with Gasteiger partial charge in [0.1, 0.15) is 17.1 Å². The van der Waals surface area contributed by atoms with Crippen LogP contribution in [0, 0.1) is 24.2 Å². The van der Waals surface area contributed by atoms with Crippen molar-refractivity contribution < 1.29 is 14.6 Å². The van der Waals surface area contributed by atoms with E-state index in [1.807, 2.05) is 19.9 Å². The van der Waals surface area contributed by atoms with E-state index in [1.165, 1.54) is 0 Å². The molecule has 1 saturated carbocycles. The van der Waals surface area contributed by atoms with Gasteiger partial charge in [-0.05, 0) is 60.1 Å². The number of carbonyl (C=O) groups is 1. The van der Waals surface area contributed by atoms with Gasteiger partial charge in [-0.25, -0.2) is 0 Å². The molecule has 118 valence electrons. The molecule has 5 atom stereocenters. The number of rotatable bonds is 0. The summed E-state index contributed by atoms with van der Waals surface area (Å²) in [4.78, 5) is 24.8. The predicted molar refractivity (Wildman–Crippen MR) is 83.7 cm³/mol. The first-order chi connectivity index (χ1) is 10.9. The number of fused-ring (bicyclic) bond motifs is 2. The molecule has 1 N–H and O–H groups in total. The lowest BCUT2D eigenvalue weighted by atomic mass is 9.49. The molecule has 0 aromatic heterocycles. The average Bonchev–Trinajstić information content (AvgIpc) is 2.73. The van der Waals surface area contributed by atoms with Crippen LogP contribution in [-0.4, -0.2) is 17.2 Å². The van der Waals surface area contributed by atoms with E-state index in [4.69, 9.17) is 4.74 Å². The predicted octanol–water partition coefficient (Wildman–Crippen LogP) is 1.69. The minimum Gasteiger partial charge on any atom is -0.461 e. The van der Waals surface area contributed by atoms with Crippen LogP contribution in [0.15, 0.2) is 23.0 Å². The molecule has 4 heteroatoms. The van der Waals surface area contributed by atoms with Crippen LogP contribution in [0.25, 0.3) is 6.08 Å². The van der Waals surface area contributed by atoms with Gasteiger partial charge in [0.15, 0.2) is 5.43 Å². The minimum atomic E-state index is -1.25. The SMILES string of the molecule is Cc1cc(=O)cc2c3c1C[C@@H]1[C@H]4CC(C)[C@@](C=C2)(C(=O)O4)[C@]31O. The third-order valence-corrected chi connectivity index (χ3v) is 6.63. The maximum atomic E-state index is 12.7. The van der Waals surface area contributed by atoms with Gasteiger partial charge in [0.2, 0.25) is 0 Å². The lowest BCUT2D eigenvalue weighted by molar-refractivity contribution is -0.256. The number of ether oxygens (including phenoxy) is 1. The van der Waals surface area contributed by atoms with E-state index in [1.54, 1.807) is 18.2 Å². The normalized spacial score (nSPS) is 41.7. The molecule has 23 heavy (non-hydrogen) atoms. The summed E-state index contributed by atoms with van der Waals surface area (Å²) < 4.78 is 5.66. The molecule has 1 spiro atoms. The third kappa shape index (κ3) is 1.23. The Balaban J connectivity index is 1.95. The molecule has 2 heterocycles. The number of carbonyl (C=O) groups excluding carboxylic acids is 1. The van der Waals surface area contributed by atoms with Crippen molar-refractivity contribution in [1.29, 1.82) is 0 Å². The number of aryl methyl sites for hydroxylation is 1. The molecule has 1 aromatic rings. The van der Waals surface area contributed by atoms with Gasteiger partial charge in [-0.1, -0.05) is 19.1 Å². The van der Waals surface area contributed by atoms with Crippen LogP contribution in [0.1, 0.15) is 35.6 Å². The molecule has 2 aliphatic heterocycles. The van der Waals surface area contributed by atoms with E-state index >= 15 is 0 Å². The first-order valence-corrected chi connectivity index (χ1v) is 8.20. The minimum absolute atomic E-state index is 0.0166. The van der Waals surface area contributed by atoms with E-state index in [9.17, 15) is 14.7 Å². The fourth-order valence-corrected chi connectivity index (χ4v) is 5.63. The second-order valence-electron chi connectivity index (χ2n) is 7.54. The summed E-state index contributed by atoms with van der Waals surface area (Å²) in [5.74, 6) is -0.421. The number of hydrogen-bond donors (Lipinski definition) is 1. The molecule has 4 nitrogen and oxygen atoms in total. The Bertz CT molecular complexity index is 870. The van der Waals surface area contributed by atoms with Gasteiger partial charge in [-0.3, -0.25) is 9.59 Å². The Morgan fingerprint density at radius 2 is 2.09 bits per heavy atom. The third-order valence-electron chi connectivity index (χ3n) is 6.63. The molecule has 3 fully saturated rings. The van der Waals surface area contributed by atoms with Gasteiger partial charge < -0.3 is 9.84 Å². The largest absolute Gasteiger partial charge is 0.461 e. The average molecular weight is 310 g/mol. The highest BCUT2D eigenvalue weighted by Gasteiger charge is 2.74. The van der Waals surface area contributed by atoms with Crippen LogP contribution in [0.2, 0.25) is 0 Å². The zero-order valence-electron chi connectivity index (χ0n) is 13.1. The highest BCUT2D eigenvalue weighted by molar-refractivity contribution is 5.88. The van der Waals surface area contributed by atoms with Crippen LogP contribution >= 0.6 is 0 Å². The summed E-state index contributed by atoms with van der Waals surface area (Å²) in [5, 5.41) is 11.9. The maximum absolute atomic E-state index is 12.7. The molecule has 1 aromatic carbocycles. The van der Waals surface area contributed by atoms with Crippen molar-refractivity contribution in [2.75, 3.05) is 0 Å². The van der Waals surface area contributed by atoms with Crippen molar-refractivity contribution in [2.24, 2.45) is 17.3 Å². The zero-order valence-corrected chi connectivity index (χ0v) is 13.1. The summed E-state index contributed by atoms with van der Waals surface area (Å²) >= 11 is 0. The summed E-state index contributed by atoms with van der Waals surface area (Å²) in [6.07, 6.45) is 4.83. The fraction of sp³-hybridized carbons (Fsp3) is 0.474. The molecule has 6 rings (SSSR count). The summed E-state index contributed by atoms with van der Waals surface area (Å²) in [6.45, 7) is 3.93. The molecule has 2 bridgehead atoms. The fourth-order valence-electron chi connectivity index (χ4n) is 5.63. The van der Waals surface area contributed by atoms with Crippen LogP contribution in [0.5, 0.6) is 0 Å². The van der Waals surface area contributed by atoms with Gasteiger partial charge in [0.05, 0.1) is 0 Å².